The van der Waals surface area contributed by atoms with E-state index in [0.717, 1.165) is 42.5 Å². The van der Waals surface area contributed by atoms with Crippen LogP contribution in [-0.4, -0.2) is 89.1 Å². The van der Waals surface area contributed by atoms with Gasteiger partial charge >= 0.3 is 5.97 Å². The maximum atomic E-state index is 14.4. The molecule has 0 bridgehead atoms. The molecule has 2 aromatic rings. The molecule has 1 aromatic carbocycles. The maximum absolute atomic E-state index is 14.4. The first-order valence-electron chi connectivity index (χ1n) is 14.4. The highest BCUT2D eigenvalue weighted by Crippen LogP contribution is 2.42. The Kier molecular flexibility index (Phi) is 8.69. The molecule has 3 aliphatic heterocycles. The van der Waals surface area contributed by atoms with Crippen LogP contribution in [0, 0.1) is 5.41 Å². The summed E-state index contributed by atoms with van der Waals surface area (Å²) in [6.07, 6.45) is 2.30. The Hall–Kier alpha value is -3.38. The first-order valence-corrected chi connectivity index (χ1v) is 14.4. The number of piperidine rings is 1. The highest BCUT2D eigenvalue weighted by Gasteiger charge is 2.35. The van der Waals surface area contributed by atoms with Gasteiger partial charge in [-0.25, -0.2) is 8.78 Å². The number of hydrogen-bond donors (Lipinski definition) is 3. The minimum absolute atomic E-state index is 0.0118. The molecule has 12 heteroatoms. The largest absolute Gasteiger partial charge is 0.480 e. The van der Waals surface area contributed by atoms with Crippen LogP contribution in [0.2, 0.25) is 0 Å². The number of nitrogens with one attached hydrogen (secondary N) is 2. The Labute approximate surface area is 238 Å². The number of aryl methyl sites for hydroxylation is 1. The van der Waals surface area contributed by atoms with Crippen molar-refractivity contribution in [3.05, 3.63) is 40.1 Å². The van der Waals surface area contributed by atoms with Gasteiger partial charge in [-0.05, 0) is 49.9 Å². The van der Waals surface area contributed by atoms with Gasteiger partial charge in [0.05, 0.1) is 19.1 Å². The Bertz CT molecular complexity index is 1310. The molecule has 3 aliphatic rings. The van der Waals surface area contributed by atoms with Gasteiger partial charge in [-0.3, -0.25) is 19.2 Å². The molecule has 41 heavy (non-hydrogen) atoms. The smallest absolute Gasteiger partial charge is 0.317 e. The highest BCUT2D eigenvalue weighted by atomic mass is 19.3. The van der Waals surface area contributed by atoms with E-state index in [1.54, 1.807) is 24.9 Å². The standard InChI is InChI=1S/C29H39F2N7O3/c1-18(39)36-11-7-25-24(16-36)29(34-38(25)21-5-9-35(10-6-21)17-27(40)41)37-8-3-4-19-12-22(20(14-32)15-33-2)23(28(30)31)13-26(19)37/h12-14,20-21,28,32-33H,3-11,15-17H2,1-2H3,(H,40,41). The number of nitrogens with zero attached hydrogens (tertiary/aromatic N) is 5. The fourth-order valence-electron chi connectivity index (χ4n) is 6.61. The van der Waals surface area contributed by atoms with E-state index in [1.165, 1.54) is 6.21 Å². The van der Waals surface area contributed by atoms with E-state index in [4.69, 9.17) is 10.5 Å². The number of carbonyl (C=O) groups is 2. The normalized spacial score (nSPS) is 18.8. The van der Waals surface area contributed by atoms with Crippen molar-refractivity contribution < 1.29 is 23.5 Å². The summed E-state index contributed by atoms with van der Waals surface area (Å²) >= 11 is 0. The summed E-state index contributed by atoms with van der Waals surface area (Å²) < 4.78 is 30.9. The SMILES string of the molecule is CNCC(C=N)c1cc2c(cc1C(F)F)N(c1nn(C3CCN(CC(=O)O)CC3)c3c1CN(C(C)=O)CC3)CCC2. The lowest BCUT2D eigenvalue weighted by atomic mass is 9.89. The van der Waals surface area contributed by atoms with Crippen molar-refractivity contribution in [3.63, 3.8) is 0 Å². The third-order valence-corrected chi connectivity index (χ3v) is 8.69. The zero-order valence-electron chi connectivity index (χ0n) is 23.7. The Balaban J connectivity index is 1.55. The summed E-state index contributed by atoms with van der Waals surface area (Å²) in [5.74, 6) is -0.582. The first-order chi connectivity index (χ1) is 19.7. The lowest BCUT2D eigenvalue weighted by molar-refractivity contribution is -0.138. The monoisotopic (exact) mass is 571 g/mol. The van der Waals surface area contributed by atoms with Gasteiger partial charge < -0.3 is 25.6 Å². The summed E-state index contributed by atoms with van der Waals surface area (Å²) in [6, 6.07) is 3.53. The summed E-state index contributed by atoms with van der Waals surface area (Å²) in [5, 5.41) is 25.2. The number of fused-ring (bicyclic) bond motifs is 2. The van der Waals surface area contributed by atoms with Crippen molar-refractivity contribution in [2.75, 3.05) is 51.2 Å². The molecule has 1 unspecified atom stereocenters. The maximum Gasteiger partial charge on any atom is 0.317 e. The number of likely N-dealkylation sites (N-methyl/N-ethyl adjacent to an activating group) is 1. The molecule has 1 atom stereocenters. The van der Waals surface area contributed by atoms with Crippen molar-refractivity contribution in [1.82, 2.24) is 24.9 Å². The van der Waals surface area contributed by atoms with E-state index in [2.05, 4.69) is 10.00 Å². The molecule has 1 fully saturated rings. The van der Waals surface area contributed by atoms with Crippen molar-refractivity contribution >= 4 is 29.6 Å². The predicted molar refractivity (Wildman–Crippen MR) is 152 cm³/mol. The number of aromatic nitrogens is 2. The van der Waals surface area contributed by atoms with Crippen LogP contribution >= 0.6 is 0 Å². The molecule has 3 N–H and O–H groups in total. The predicted octanol–water partition coefficient (Wildman–Crippen LogP) is 3.48. The topological polar surface area (TPSA) is 118 Å². The van der Waals surface area contributed by atoms with Crippen molar-refractivity contribution in [3.8, 4) is 0 Å². The molecule has 1 amide bonds. The van der Waals surface area contributed by atoms with Crippen LogP contribution in [-0.2, 0) is 29.0 Å². The molecular weight excluding hydrogens is 532 g/mol. The van der Waals surface area contributed by atoms with E-state index in [-0.39, 0.29) is 24.1 Å². The van der Waals surface area contributed by atoms with Gasteiger partial charge in [-0.1, -0.05) is 6.07 Å². The van der Waals surface area contributed by atoms with E-state index >= 15 is 0 Å². The number of rotatable bonds is 9. The minimum Gasteiger partial charge on any atom is -0.480 e. The molecule has 1 aromatic heterocycles. The van der Waals surface area contributed by atoms with E-state index < -0.39 is 18.3 Å². The van der Waals surface area contributed by atoms with E-state index in [1.807, 2.05) is 15.9 Å². The van der Waals surface area contributed by atoms with Crippen LogP contribution in [0.15, 0.2) is 12.1 Å². The summed E-state index contributed by atoms with van der Waals surface area (Å²) in [7, 11) is 1.75. The number of aliphatic carboxylic acids is 1. The minimum atomic E-state index is -2.69. The molecule has 1 saturated heterocycles. The summed E-state index contributed by atoms with van der Waals surface area (Å²) in [6.45, 7) is 4.94. The quantitative estimate of drug-likeness (QED) is 0.395. The molecule has 222 valence electrons. The number of halogens is 2. The molecule has 10 nitrogen and oxygen atoms in total. The van der Waals surface area contributed by atoms with Gasteiger partial charge in [-0.15, -0.1) is 0 Å². The Morgan fingerprint density at radius 1 is 1.17 bits per heavy atom. The third-order valence-electron chi connectivity index (χ3n) is 8.69. The van der Waals surface area contributed by atoms with Gasteiger partial charge in [0.1, 0.15) is 0 Å². The van der Waals surface area contributed by atoms with E-state index in [9.17, 15) is 23.5 Å². The molecular formula is C29H39F2N7O3. The number of anilines is 2. The second-order valence-corrected chi connectivity index (χ2v) is 11.3. The van der Waals surface area contributed by atoms with Crippen LogP contribution in [0.4, 0.5) is 20.3 Å². The van der Waals surface area contributed by atoms with Crippen LogP contribution in [0.3, 0.4) is 0 Å². The number of alkyl halides is 2. The number of benzene rings is 1. The van der Waals surface area contributed by atoms with Gasteiger partial charge in [0.25, 0.3) is 6.43 Å². The zero-order chi connectivity index (χ0) is 29.3. The average molecular weight is 572 g/mol. The fraction of sp³-hybridized carbons (Fsp3) is 0.586. The first kappa shape index (κ1) is 29.1. The van der Waals surface area contributed by atoms with Crippen LogP contribution in [0.1, 0.15) is 72.5 Å². The second kappa shape index (κ2) is 12.2. The molecule has 5 rings (SSSR count). The third kappa shape index (κ3) is 5.85. The zero-order valence-corrected chi connectivity index (χ0v) is 23.7. The lowest BCUT2D eigenvalue weighted by Crippen LogP contribution is -2.39. The fourth-order valence-corrected chi connectivity index (χ4v) is 6.61. The molecule has 4 heterocycles. The Morgan fingerprint density at radius 3 is 2.56 bits per heavy atom. The van der Waals surface area contributed by atoms with Crippen molar-refractivity contribution in [2.24, 2.45) is 0 Å². The Morgan fingerprint density at radius 2 is 1.93 bits per heavy atom. The van der Waals surface area contributed by atoms with Gasteiger partial charge in [-0.2, -0.15) is 5.10 Å². The number of carboxylic acid groups (broad SMARTS) is 1. The molecule has 0 aliphatic carbocycles. The number of amides is 1. The van der Waals surface area contributed by atoms with E-state index in [0.29, 0.717) is 62.8 Å². The van der Waals surface area contributed by atoms with Crippen LogP contribution < -0.4 is 10.2 Å². The molecule has 0 saturated carbocycles. The summed E-state index contributed by atoms with van der Waals surface area (Å²) in [4.78, 5) is 29.3. The van der Waals surface area contributed by atoms with Gasteiger partial charge in [0.15, 0.2) is 5.82 Å². The molecule has 0 spiro atoms. The average Bonchev–Trinajstić information content (AvgIpc) is 3.33. The van der Waals surface area contributed by atoms with Gasteiger partial charge in [0, 0.05) is 80.7 Å². The van der Waals surface area contributed by atoms with Gasteiger partial charge in [0.2, 0.25) is 5.91 Å². The number of carbonyl (C=O) groups excluding carboxylic acids is 1. The molecule has 0 radical (unpaired) electrons. The summed E-state index contributed by atoms with van der Waals surface area (Å²) in [5.41, 5.74) is 4.12. The van der Waals surface area contributed by atoms with Crippen molar-refractivity contribution in [2.45, 2.75) is 64.0 Å². The van der Waals surface area contributed by atoms with Crippen LogP contribution in [0.25, 0.3) is 0 Å². The highest BCUT2D eigenvalue weighted by molar-refractivity contribution is 5.76. The lowest BCUT2D eigenvalue weighted by Gasteiger charge is -2.34. The number of likely N-dealkylation sites (tertiary alicyclic amines) is 1. The second-order valence-electron chi connectivity index (χ2n) is 11.3. The van der Waals surface area contributed by atoms with Crippen LogP contribution in [0.5, 0.6) is 0 Å². The number of carboxylic acids is 1. The number of hydrogen-bond acceptors (Lipinski definition) is 7. The van der Waals surface area contributed by atoms with Crippen molar-refractivity contribution in [1.29, 1.82) is 5.41 Å².